The van der Waals surface area contributed by atoms with Crippen LogP contribution in [-0.2, 0) is 4.74 Å². The third-order valence-electron chi connectivity index (χ3n) is 9.16. The maximum Gasteiger partial charge on any atom is 0.407 e. The molecular formula is C33H34FN5O5. The van der Waals surface area contributed by atoms with Gasteiger partial charge in [0, 0.05) is 31.9 Å². The smallest absolute Gasteiger partial charge is 0.407 e. The summed E-state index contributed by atoms with van der Waals surface area (Å²) in [7, 11) is 3.38. The second-order valence-corrected chi connectivity index (χ2v) is 11.8. The van der Waals surface area contributed by atoms with Crippen molar-refractivity contribution in [2.45, 2.75) is 37.8 Å². The van der Waals surface area contributed by atoms with E-state index in [0.29, 0.717) is 49.1 Å². The highest BCUT2D eigenvalue weighted by atomic mass is 19.1. The van der Waals surface area contributed by atoms with E-state index in [4.69, 9.17) is 9.47 Å². The standard InChI is InChI=1S/C33H34FN5O5/c1-37-12-5-8-22(37)9-11-35-32(41)24-18-39-26-14-19-6-3-4-7-20(19)15-27(26)44-31-28(39)23(30(24)40)16-25(34)29(31)38-13-10-21(17-38)36-33(42)43-2/h3-4,6-7,14-16,18,21-22H,5,8-13,17H2,1-2H3,(H,35,41)(H,36,42)/t21-,22?/m0/s1. The molecule has 0 radical (unpaired) electrons. The van der Waals surface area contributed by atoms with Gasteiger partial charge in [-0.05, 0) is 68.2 Å². The average Bonchev–Trinajstić information content (AvgIpc) is 3.65. The summed E-state index contributed by atoms with van der Waals surface area (Å²) in [4.78, 5) is 43.2. The van der Waals surface area contributed by atoms with Crippen LogP contribution < -0.4 is 25.7 Å². The van der Waals surface area contributed by atoms with Gasteiger partial charge < -0.3 is 34.5 Å². The number of pyridine rings is 1. The van der Waals surface area contributed by atoms with Crippen LogP contribution in [0, 0.1) is 5.82 Å². The number of aromatic nitrogens is 1. The average molecular weight is 600 g/mol. The number of carbonyl (C=O) groups excluding carboxylic acids is 2. The zero-order valence-corrected chi connectivity index (χ0v) is 24.7. The first kappa shape index (κ1) is 28.1. The number of benzene rings is 3. The quantitative estimate of drug-likeness (QED) is 0.295. The Morgan fingerprint density at radius 1 is 1.11 bits per heavy atom. The normalized spacial score (nSPS) is 19.2. The number of hydrogen-bond acceptors (Lipinski definition) is 7. The number of ether oxygens (including phenoxy) is 2. The molecule has 2 atom stereocenters. The summed E-state index contributed by atoms with van der Waals surface area (Å²) in [6.07, 6.45) is 4.59. The Bertz CT molecular complexity index is 1870. The van der Waals surface area contributed by atoms with Crippen LogP contribution in [0.1, 0.15) is 36.0 Å². The number of halogens is 1. The van der Waals surface area contributed by atoms with Gasteiger partial charge in [0.05, 0.1) is 24.2 Å². The number of nitrogens with one attached hydrogen (secondary N) is 2. The monoisotopic (exact) mass is 599 g/mol. The molecule has 10 nitrogen and oxygen atoms in total. The molecule has 2 N–H and O–H groups in total. The van der Waals surface area contributed by atoms with E-state index < -0.39 is 23.2 Å². The van der Waals surface area contributed by atoms with Crippen molar-refractivity contribution in [3.63, 3.8) is 0 Å². The van der Waals surface area contributed by atoms with Crippen molar-refractivity contribution < 1.29 is 23.5 Å². The van der Waals surface area contributed by atoms with Crippen LogP contribution in [0.5, 0.6) is 11.5 Å². The summed E-state index contributed by atoms with van der Waals surface area (Å²) in [6.45, 7) is 2.27. The molecule has 11 heteroatoms. The lowest BCUT2D eigenvalue weighted by Crippen LogP contribution is -2.37. The van der Waals surface area contributed by atoms with Crippen LogP contribution in [0.15, 0.2) is 53.5 Å². The summed E-state index contributed by atoms with van der Waals surface area (Å²) in [5.41, 5.74) is 0.629. The summed E-state index contributed by atoms with van der Waals surface area (Å²) in [5.74, 6) is -0.444. The fourth-order valence-corrected chi connectivity index (χ4v) is 6.84. The van der Waals surface area contributed by atoms with E-state index in [1.54, 1.807) is 10.8 Å². The molecule has 2 amide bonds. The number of methoxy groups -OCH3 is 1. The van der Waals surface area contributed by atoms with Crippen LogP contribution in [0.25, 0.3) is 27.4 Å². The van der Waals surface area contributed by atoms with Crippen molar-refractivity contribution in [1.29, 1.82) is 0 Å². The maximum absolute atomic E-state index is 16.1. The Hall–Kier alpha value is -4.64. The van der Waals surface area contributed by atoms with E-state index in [1.165, 1.54) is 13.2 Å². The van der Waals surface area contributed by atoms with Gasteiger partial charge in [-0.3, -0.25) is 9.59 Å². The molecule has 4 aromatic rings. The lowest BCUT2D eigenvalue weighted by atomic mass is 10.0. The lowest BCUT2D eigenvalue weighted by molar-refractivity contribution is 0.0948. The third kappa shape index (κ3) is 4.81. The minimum atomic E-state index is -0.638. The van der Waals surface area contributed by atoms with Crippen LogP contribution >= 0.6 is 0 Å². The van der Waals surface area contributed by atoms with E-state index in [9.17, 15) is 14.4 Å². The highest BCUT2D eigenvalue weighted by Gasteiger charge is 2.34. The van der Waals surface area contributed by atoms with Crippen molar-refractivity contribution in [3.8, 4) is 17.2 Å². The second-order valence-electron chi connectivity index (χ2n) is 11.8. The zero-order valence-electron chi connectivity index (χ0n) is 24.7. The van der Waals surface area contributed by atoms with Gasteiger partial charge in [-0.2, -0.15) is 0 Å². The number of anilines is 1. The Morgan fingerprint density at radius 2 is 1.91 bits per heavy atom. The first-order valence-electron chi connectivity index (χ1n) is 15.0. The van der Waals surface area contributed by atoms with Crippen LogP contribution in [0.4, 0.5) is 14.9 Å². The summed E-state index contributed by atoms with van der Waals surface area (Å²) < 4.78 is 29.1. The van der Waals surface area contributed by atoms with E-state index in [-0.39, 0.29) is 28.4 Å². The molecule has 7 rings (SSSR count). The molecule has 44 heavy (non-hydrogen) atoms. The Morgan fingerprint density at radius 3 is 2.66 bits per heavy atom. The summed E-state index contributed by atoms with van der Waals surface area (Å²) in [6, 6.07) is 13.0. The highest BCUT2D eigenvalue weighted by molar-refractivity contribution is 6.02. The van der Waals surface area contributed by atoms with E-state index in [0.717, 1.165) is 36.6 Å². The molecule has 1 aromatic heterocycles. The molecule has 0 bridgehead atoms. The van der Waals surface area contributed by atoms with Crippen molar-refractivity contribution in [1.82, 2.24) is 20.1 Å². The Balaban J connectivity index is 1.33. The van der Waals surface area contributed by atoms with Gasteiger partial charge in [-0.15, -0.1) is 0 Å². The van der Waals surface area contributed by atoms with E-state index in [1.807, 2.05) is 41.3 Å². The maximum atomic E-state index is 16.1. The summed E-state index contributed by atoms with van der Waals surface area (Å²) in [5, 5.41) is 7.66. The van der Waals surface area contributed by atoms with Gasteiger partial charge in [0.15, 0.2) is 17.3 Å². The van der Waals surface area contributed by atoms with Gasteiger partial charge >= 0.3 is 6.09 Å². The number of alkyl carbamates (subject to hydrolysis) is 1. The second kappa shape index (κ2) is 11.1. The van der Waals surface area contributed by atoms with Crippen LogP contribution in [-0.4, -0.2) is 73.9 Å². The summed E-state index contributed by atoms with van der Waals surface area (Å²) >= 11 is 0. The molecule has 0 saturated carbocycles. The number of carbonyl (C=O) groups is 2. The Kier molecular flexibility index (Phi) is 7.12. The van der Waals surface area contributed by atoms with E-state index >= 15 is 4.39 Å². The van der Waals surface area contributed by atoms with E-state index in [2.05, 4.69) is 22.6 Å². The molecule has 2 saturated heterocycles. The van der Waals surface area contributed by atoms with Gasteiger partial charge in [0.2, 0.25) is 5.43 Å². The third-order valence-corrected chi connectivity index (χ3v) is 9.16. The molecule has 0 aliphatic carbocycles. The fourth-order valence-electron chi connectivity index (χ4n) is 6.84. The van der Waals surface area contributed by atoms with Crippen LogP contribution in [0.2, 0.25) is 0 Å². The molecule has 3 aromatic carbocycles. The SMILES string of the molecule is COC(=O)N[C@H]1CCN(c2c(F)cc3c(=O)c(C(=O)NCCC4CCCN4C)cn4c3c2Oc2cc3ccccc3cc2-4)C1. The molecule has 3 aliphatic heterocycles. The molecule has 4 heterocycles. The lowest BCUT2D eigenvalue weighted by Gasteiger charge is -2.29. The Labute approximate surface area is 253 Å². The van der Waals surface area contributed by atoms with Crippen LogP contribution in [0.3, 0.4) is 0 Å². The first-order valence-corrected chi connectivity index (χ1v) is 15.0. The fraction of sp³-hybridized carbons (Fsp3) is 0.364. The van der Waals surface area contributed by atoms with Gasteiger partial charge in [0.1, 0.15) is 16.8 Å². The predicted molar refractivity (Wildman–Crippen MR) is 166 cm³/mol. The predicted octanol–water partition coefficient (Wildman–Crippen LogP) is 4.54. The molecule has 2 fully saturated rings. The number of likely N-dealkylation sites (tertiary alicyclic amines) is 1. The van der Waals surface area contributed by atoms with Crippen molar-refractivity contribution >= 4 is 39.4 Å². The zero-order chi connectivity index (χ0) is 30.5. The number of rotatable bonds is 6. The van der Waals surface area contributed by atoms with Gasteiger partial charge in [-0.1, -0.05) is 24.3 Å². The number of fused-ring (bicyclic) bond motifs is 3. The molecule has 228 valence electrons. The van der Waals surface area contributed by atoms with Gasteiger partial charge in [0.25, 0.3) is 5.91 Å². The largest absolute Gasteiger partial charge is 0.453 e. The minimum Gasteiger partial charge on any atom is -0.453 e. The van der Waals surface area contributed by atoms with Crippen molar-refractivity contribution in [3.05, 3.63) is 70.3 Å². The molecular weight excluding hydrogens is 565 g/mol. The molecule has 3 aliphatic rings. The molecule has 0 spiro atoms. The molecule has 1 unspecified atom stereocenters. The number of amides is 2. The van der Waals surface area contributed by atoms with Crippen molar-refractivity contribution in [2.75, 3.05) is 45.2 Å². The number of hydrogen-bond donors (Lipinski definition) is 2. The first-order chi connectivity index (χ1) is 21.3. The van der Waals surface area contributed by atoms with Gasteiger partial charge in [-0.25, -0.2) is 9.18 Å². The topological polar surface area (TPSA) is 105 Å². The minimum absolute atomic E-state index is 0.0556. The van der Waals surface area contributed by atoms with Crippen molar-refractivity contribution in [2.24, 2.45) is 0 Å². The highest BCUT2D eigenvalue weighted by Crippen LogP contribution is 2.48. The number of nitrogens with zero attached hydrogens (tertiary/aromatic N) is 3.